The summed E-state index contributed by atoms with van der Waals surface area (Å²) >= 11 is 0. The van der Waals surface area contributed by atoms with Crippen LogP contribution in [0.15, 0.2) is 11.6 Å². The molecule has 2 aliphatic carbocycles. The molecule has 2 heteroatoms. The highest BCUT2D eigenvalue weighted by molar-refractivity contribution is 5.80. The van der Waals surface area contributed by atoms with Gasteiger partial charge in [0.05, 0.1) is 5.92 Å². The largest absolute Gasteiger partial charge is 0.461 e. The smallest absolute Gasteiger partial charge is 0.314 e. The van der Waals surface area contributed by atoms with Crippen LogP contribution in [-0.4, -0.2) is 12.6 Å². The molecule has 2 nitrogen and oxygen atoms in total. The fraction of sp³-hybridized carbons (Fsp3) is 0.800. The molecule has 3 rings (SSSR count). The molecule has 0 amide bonds. The molecule has 1 saturated carbocycles. The summed E-state index contributed by atoms with van der Waals surface area (Å²) in [6, 6.07) is 0. The van der Waals surface area contributed by atoms with E-state index in [2.05, 4.69) is 26.8 Å². The first kappa shape index (κ1) is 11.3. The van der Waals surface area contributed by atoms with E-state index in [-0.39, 0.29) is 17.3 Å². The summed E-state index contributed by atoms with van der Waals surface area (Å²) in [7, 11) is 0. The first-order valence-electron chi connectivity index (χ1n) is 6.81. The molecule has 2 fully saturated rings. The zero-order chi connectivity index (χ0) is 12.3. The van der Waals surface area contributed by atoms with Crippen molar-refractivity contribution < 1.29 is 9.53 Å². The predicted molar refractivity (Wildman–Crippen MR) is 66.4 cm³/mol. The number of carbonyl (C=O) groups is 1. The van der Waals surface area contributed by atoms with Crippen LogP contribution in [0.3, 0.4) is 0 Å². The molecular weight excluding hydrogens is 212 g/mol. The molecular formula is C15H22O2. The molecule has 0 radical (unpaired) electrons. The van der Waals surface area contributed by atoms with Gasteiger partial charge in [0.1, 0.15) is 6.61 Å². The number of esters is 1. The van der Waals surface area contributed by atoms with Crippen LogP contribution in [-0.2, 0) is 9.53 Å². The Labute approximate surface area is 103 Å². The number of hydrogen-bond donors (Lipinski definition) is 0. The molecule has 0 unspecified atom stereocenters. The molecule has 0 aromatic heterocycles. The fourth-order valence-corrected chi connectivity index (χ4v) is 4.71. The SMILES string of the molecule is CC1(C)CCC[C@@]2(C)[C@@H]3C(=O)OCC3=CC[C@H]12. The van der Waals surface area contributed by atoms with Crippen LogP contribution in [0.1, 0.15) is 46.5 Å². The van der Waals surface area contributed by atoms with Crippen LogP contribution < -0.4 is 0 Å². The molecule has 0 spiro atoms. The lowest BCUT2D eigenvalue weighted by Crippen LogP contribution is -2.49. The highest BCUT2D eigenvalue weighted by Gasteiger charge is 2.57. The second-order valence-corrected chi connectivity index (χ2v) is 6.96. The Morgan fingerprint density at radius 3 is 2.82 bits per heavy atom. The average molecular weight is 234 g/mol. The maximum Gasteiger partial charge on any atom is 0.314 e. The van der Waals surface area contributed by atoms with Crippen molar-refractivity contribution in [2.24, 2.45) is 22.7 Å². The summed E-state index contributed by atoms with van der Waals surface area (Å²) in [5.74, 6) is 0.713. The van der Waals surface area contributed by atoms with Crippen molar-refractivity contribution >= 4 is 5.97 Å². The molecule has 3 atom stereocenters. The van der Waals surface area contributed by atoms with Gasteiger partial charge < -0.3 is 4.74 Å². The molecule has 3 aliphatic rings. The maximum atomic E-state index is 12.0. The van der Waals surface area contributed by atoms with Gasteiger partial charge in [0.15, 0.2) is 0 Å². The maximum absolute atomic E-state index is 12.0. The number of allylic oxidation sites excluding steroid dienone is 1. The number of cyclic esters (lactones) is 1. The molecule has 94 valence electrons. The molecule has 0 bridgehead atoms. The lowest BCUT2D eigenvalue weighted by Gasteiger charge is -2.54. The van der Waals surface area contributed by atoms with Gasteiger partial charge in [-0.2, -0.15) is 0 Å². The summed E-state index contributed by atoms with van der Waals surface area (Å²) in [6.07, 6.45) is 7.13. The average Bonchev–Trinajstić information content (AvgIpc) is 2.60. The van der Waals surface area contributed by atoms with Crippen molar-refractivity contribution in [1.29, 1.82) is 0 Å². The van der Waals surface area contributed by atoms with Crippen LogP contribution in [0.5, 0.6) is 0 Å². The van der Waals surface area contributed by atoms with Gasteiger partial charge in [-0.05, 0) is 41.6 Å². The summed E-state index contributed by atoms with van der Waals surface area (Å²) in [5, 5.41) is 0. The molecule has 1 heterocycles. The van der Waals surface area contributed by atoms with Crippen molar-refractivity contribution in [3.63, 3.8) is 0 Å². The van der Waals surface area contributed by atoms with Gasteiger partial charge in [0.25, 0.3) is 0 Å². The number of carbonyl (C=O) groups excluding carboxylic acids is 1. The Morgan fingerprint density at radius 1 is 1.29 bits per heavy atom. The standard InChI is InChI=1S/C15H22O2/c1-14(2)7-4-8-15(3)11(14)6-5-10-9-17-13(16)12(10)15/h5,11-12H,4,6-9H2,1-3H3/t11-,12+,15-/m1/s1. The number of hydrogen-bond acceptors (Lipinski definition) is 2. The third-order valence-electron chi connectivity index (χ3n) is 5.54. The molecule has 1 saturated heterocycles. The van der Waals surface area contributed by atoms with E-state index in [1.54, 1.807) is 0 Å². The number of ether oxygens (including phenoxy) is 1. The van der Waals surface area contributed by atoms with Crippen molar-refractivity contribution in [2.45, 2.75) is 46.5 Å². The van der Waals surface area contributed by atoms with E-state index in [1.807, 2.05) is 0 Å². The van der Waals surface area contributed by atoms with E-state index in [0.29, 0.717) is 17.9 Å². The third-order valence-corrected chi connectivity index (χ3v) is 5.54. The second-order valence-electron chi connectivity index (χ2n) is 6.96. The van der Waals surface area contributed by atoms with E-state index < -0.39 is 0 Å². The highest BCUT2D eigenvalue weighted by Crippen LogP contribution is 2.60. The topological polar surface area (TPSA) is 26.3 Å². The zero-order valence-corrected chi connectivity index (χ0v) is 11.1. The van der Waals surface area contributed by atoms with E-state index in [4.69, 9.17) is 4.74 Å². The Hall–Kier alpha value is -0.790. The minimum Gasteiger partial charge on any atom is -0.461 e. The molecule has 0 aromatic rings. The minimum atomic E-state index is 0.0288. The summed E-state index contributed by atoms with van der Waals surface area (Å²) in [6.45, 7) is 7.61. The van der Waals surface area contributed by atoms with Crippen molar-refractivity contribution in [3.05, 3.63) is 11.6 Å². The second kappa shape index (κ2) is 3.37. The summed E-state index contributed by atoms with van der Waals surface area (Å²) in [5.41, 5.74) is 1.75. The van der Waals surface area contributed by atoms with Crippen molar-refractivity contribution in [2.75, 3.05) is 6.61 Å². The van der Waals surface area contributed by atoms with Gasteiger partial charge >= 0.3 is 5.97 Å². The molecule has 0 N–H and O–H groups in total. The third kappa shape index (κ3) is 1.42. The normalized spacial score (nSPS) is 43.5. The van der Waals surface area contributed by atoms with Gasteiger partial charge in [0, 0.05) is 0 Å². The molecule has 1 aliphatic heterocycles. The Bertz CT molecular complexity index is 394. The van der Waals surface area contributed by atoms with E-state index in [9.17, 15) is 4.79 Å². The predicted octanol–water partition coefficient (Wildman–Crippen LogP) is 3.32. The minimum absolute atomic E-state index is 0.0288. The highest BCUT2D eigenvalue weighted by atomic mass is 16.5. The summed E-state index contributed by atoms with van der Waals surface area (Å²) in [4.78, 5) is 12.0. The summed E-state index contributed by atoms with van der Waals surface area (Å²) < 4.78 is 5.28. The van der Waals surface area contributed by atoms with E-state index in [1.165, 1.54) is 24.8 Å². The zero-order valence-electron chi connectivity index (χ0n) is 11.1. The van der Waals surface area contributed by atoms with Gasteiger partial charge in [-0.15, -0.1) is 0 Å². The van der Waals surface area contributed by atoms with Crippen molar-refractivity contribution in [1.82, 2.24) is 0 Å². The monoisotopic (exact) mass is 234 g/mol. The molecule has 0 aromatic carbocycles. The fourth-order valence-electron chi connectivity index (χ4n) is 4.71. The van der Waals surface area contributed by atoms with E-state index in [0.717, 1.165) is 6.42 Å². The van der Waals surface area contributed by atoms with E-state index >= 15 is 0 Å². The van der Waals surface area contributed by atoms with Gasteiger partial charge in [0.2, 0.25) is 0 Å². The lowest BCUT2D eigenvalue weighted by atomic mass is 9.49. The molecule has 17 heavy (non-hydrogen) atoms. The first-order chi connectivity index (χ1) is 7.95. The Kier molecular flexibility index (Phi) is 2.24. The Morgan fingerprint density at radius 2 is 2.06 bits per heavy atom. The van der Waals surface area contributed by atoms with Crippen LogP contribution in [0.4, 0.5) is 0 Å². The van der Waals surface area contributed by atoms with Crippen LogP contribution in [0.2, 0.25) is 0 Å². The number of fused-ring (bicyclic) bond motifs is 3. The first-order valence-corrected chi connectivity index (χ1v) is 6.81. The van der Waals surface area contributed by atoms with Gasteiger partial charge in [-0.25, -0.2) is 0 Å². The van der Waals surface area contributed by atoms with Gasteiger partial charge in [-0.1, -0.05) is 33.3 Å². The van der Waals surface area contributed by atoms with Gasteiger partial charge in [-0.3, -0.25) is 4.79 Å². The lowest BCUT2D eigenvalue weighted by molar-refractivity contribution is -0.148. The number of rotatable bonds is 0. The van der Waals surface area contributed by atoms with Crippen LogP contribution >= 0.6 is 0 Å². The Balaban J connectivity index is 2.05. The van der Waals surface area contributed by atoms with Crippen LogP contribution in [0, 0.1) is 22.7 Å². The quantitative estimate of drug-likeness (QED) is 0.475. The van der Waals surface area contributed by atoms with Crippen LogP contribution in [0.25, 0.3) is 0 Å². The van der Waals surface area contributed by atoms with Crippen molar-refractivity contribution in [3.8, 4) is 0 Å².